The Morgan fingerprint density at radius 2 is 1.62 bits per heavy atom. The summed E-state index contributed by atoms with van der Waals surface area (Å²) in [6.45, 7) is 10.6. The highest BCUT2D eigenvalue weighted by molar-refractivity contribution is 5.97. The minimum atomic E-state index is -0.392. The molecule has 0 saturated heterocycles. The summed E-state index contributed by atoms with van der Waals surface area (Å²) in [5.74, 6) is 0.566. The number of benzene rings is 2. The van der Waals surface area contributed by atoms with Crippen LogP contribution >= 0.6 is 0 Å². The summed E-state index contributed by atoms with van der Waals surface area (Å²) < 4.78 is 18.4. The SMILES string of the molecule is CCOC(=O)c1c(C)c(-c2ccccc2)n(CC(=O)Nc2cc(OCC)ccc2OCC)c1C. The number of hydrogen-bond acceptors (Lipinski definition) is 5. The number of esters is 1. The molecule has 0 fully saturated rings. The van der Waals surface area contributed by atoms with Crippen molar-refractivity contribution < 1.29 is 23.8 Å². The zero-order valence-electron chi connectivity index (χ0n) is 20.4. The first-order valence-corrected chi connectivity index (χ1v) is 11.5. The van der Waals surface area contributed by atoms with E-state index in [1.807, 2.05) is 68.7 Å². The molecule has 34 heavy (non-hydrogen) atoms. The number of hydrogen-bond donors (Lipinski definition) is 1. The number of nitrogens with one attached hydrogen (secondary N) is 1. The van der Waals surface area contributed by atoms with Gasteiger partial charge in [0.05, 0.1) is 36.8 Å². The molecule has 0 atom stereocenters. The largest absolute Gasteiger partial charge is 0.494 e. The van der Waals surface area contributed by atoms with Gasteiger partial charge in [-0.25, -0.2) is 4.79 Å². The Labute approximate surface area is 200 Å². The summed E-state index contributed by atoms with van der Waals surface area (Å²) in [5.41, 5.74) is 4.21. The molecule has 7 heteroatoms. The summed E-state index contributed by atoms with van der Waals surface area (Å²) in [6, 6.07) is 15.1. The van der Waals surface area contributed by atoms with E-state index in [2.05, 4.69) is 5.32 Å². The molecule has 0 bridgehead atoms. The van der Waals surface area contributed by atoms with Crippen molar-refractivity contribution in [2.24, 2.45) is 0 Å². The van der Waals surface area contributed by atoms with E-state index < -0.39 is 5.97 Å². The fourth-order valence-electron chi connectivity index (χ4n) is 4.04. The molecule has 0 aliphatic carbocycles. The topological polar surface area (TPSA) is 78.8 Å². The number of aromatic nitrogens is 1. The molecule has 1 amide bonds. The first-order chi connectivity index (χ1) is 16.4. The van der Waals surface area contributed by atoms with Crippen molar-refractivity contribution in [2.75, 3.05) is 25.1 Å². The highest BCUT2D eigenvalue weighted by Crippen LogP contribution is 2.33. The number of anilines is 1. The summed E-state index contributed by atoms with van der Waals surface area (Å²) in [7, 11) is 0. The molecule has 1 aromatic heterocycles. The predicted molar refractivity (Wildman–Crippen MR) is 133 cm³/mol. The average Bonchev–Trinajstić information content (AvgIpc) is 3.05. The van der Waals surface area contributed by atoms with Crippen LogP contribution < -0.4 is 14.8 Å². The fourth-order valence-corrected chi connectivity index (χ4v) is 4.04. The van der Waals surface area contributed by atoms with E-state index in [9.17, 15) is 9.59 Å². The van der Waals surface area contributed by atoms with Gasteiger partial charge in [0.25, 0.3) is 0 Å². The van der Waals surface area contributed by atoms with Crippen molar-refractivity contribution in [3.63, 3.8) is 0 Å². The van der Waals surface area contributed by atoms with Crippen molar-refractivity contribution in [3.05, 3.63) is 65.4 Å². The Morgan fingerprint density at radius 1 is 0.912 bits per heavy atom. The van der Waals surface area contributed by atoms with E-state index in [1.54, 1.807) is 19.1 Å². The third kappa shape index (κ3) is 5.42. The minimum absolute atomic E-state index is 0.0146. The summed E-state index contributed by atoms with van der Waals surface area (Å²) in [4.78, 5) is 25.9. The minimum Gasteiger partial charge on any atom is -0.494 e. The standard InChI is InChI=1S/C27H32N2O5/c1-6-32-21-14-15-23(33-7-2)22(16-21)28-24(30)17-29-19(5)25(27(31)34-8-3)18(4)26(29)20-12-10-9-11-13-20/h9-16H,6-8,17H2,1-5H3,(H,28,30). The third-order valence-electron chi connectivity index (χ3n) is 5.43. The number of carbonyl (C=O) groups is 2. The molecular formula is C27H32N2O5. The van der Waals surface area contributed by atoms with Gasteiger partial charge < -0.3 is 24.1 Å². The van der Waals surface area contributed by atoms with Gasteiger partial charge in [0.15, 0.2) is 0 Å². The molecule has 2 aromatic carbocycles. The molecule has 0 unspecified atom stereocenters. The van der Waals surface area contributed by atoms with Gasteiger partial charge in [0.1, 0.15) is 18.0 Å². The van der Waals surface area contributed by atoms with Crippen LogP contribution in [0, 0.1) is 13.8 Å². The van der Waals surface area contributed by atoms with Gasteiger partial charge in [-0.15, -0.1) is 0 Å². The molecule has 3 rings (SSSR count). The Bertz CT molecular complexity index is 1150. The first kappa shape index (κ1) is 24.9. The fraction of sp³-hybridized carbons (Fsp3) is 0.333. The summed E-state index contributed by atoms with van der Waals surface area (Å²) >= 11 is 0. The highest BCUT2D eigenvalue weighted by atomic mass is 16.5. The van der Waals surface area contributed by atoms with Crippen molar-refractivity contribution in [1.29, 1.82) is 0 Å². The van der Waals surface area contributed by atoms with Crippen molar-refractivity contribution >= 4 is 17.6 Å². The number of amides is 1. The van der Waals surface area contributed by atoms with Crippen molar-refractivity contribution in [1.82, 2.24) is 4.57 Å². The van der Waals surface area contributed by atoms with Crippen LogP contribution in [0.2, 0.25) is 0 Å². The lowest BCUT2D eigenvalue weighted by molar-refractivity contribution is -0.116. The van der Waals surface area contributed by atoms with Gasteiger partial charge in [0, 0.05) is 11.8 Å². The lowest BCUT2D eigenvalue weighted by Gasteiger charge is -2.16. The predicted octanol–water partition coefficient (Wildman–Crippen LogP) is 5.38. The van der Waals surface area contributed by atoms with E-state index in [4.69, 9.17) is 14.2 Å². The van der Waals surface area contributed by atoms with Crippen LogP contribution in [0.4, 0.5) is 5.69 Å². The normalized spacial score (nSPS) is 10.6. The lowest BCUT2D eigenvalue weighted by atomic mass is 10.1. The van der Waals surface area contributed by atoms with Crippen LogP contribution in [0.1, 0.15) is 42.4 Å². The van der Waals surface area contributed by atoms with Gasteiger partial charge >= 0.3 is 5.97 Å². The van der Waals surface area contributed by atoms with Crippen LogP contribution in [-0.4, -0.2) is 36.3 Å². The number of carbonyl (C=O) groups excluding carboxylic acids is 2. The second kappa shape index (κ2) is 11.4. The van der Waals surface area contributed by atoms with Crippen LogP contribution in [-0.2, 0) is 16.1 Å². The molecule has 0 aliphatic rings. The molecule has 1 heterocycles. The second-order valence-corrected chi connectivity index (χ2v) is 7.68. The summed E-state index contributed by atoms with van der Waals surface area (Å²) in [5, 5.41) is 2.95. The maximum absolute atomic E-state index is 13.2. The molecule has 180 valence electrons. The van der Waals surface area contributed by atoms with Crippen LogP contribution in [0.3, 0.4) is 0 Å². The van der Waals surface area contributed by atoms with Crippen LogP contribution in [0.15, 0.2) is 48.5 Å². The average molecular weight is 465 g/mol. The van der Waals surface area contributed by atoms with E-state index in [1.165, 1.54) is 0 Å². The van der Waals surface area contributed by atoms with Gasteiger partial charge in [-0.05, 0) is 57.9 Å². The highest BCUT2D eigenvalue weighted by Gasteiger charge is 2.25. The Kier molecular flexibility index (Phi) is 8.35. The number of nitrogens with zero attached hydrogens (tertiary/aromatic N) is 1. The molecule has 7 nitrogen and oxygen atoms in total. The second-order valence-electron chi connectivity index (χ2n) is 7.68. The van der Waals surface area contributed by atoms with Crippen molar-refractivity contribution in [2.45, 2.75) is 41.2 Å². The molecule has 0 spiro atoms. The molecular weight excluding hydrogens is 432 g/mol. The maximum atomic E-state index is 13.2. The first-order valence-electron chi connectivity index (χ1n) is 11.5. The molecule has 1 N–H and O–H groups in total. The van der Waals surface area contributed by atoms with Gasteiger partial charge in [-0.3, -0.25) is 4.79 Å². The lowest BCUT2D eigenvalue weighted by Crippen LogP contribution is -2.21. The molecule has 0 aliphatic heterocycles. The van der Waals surface area contributed by atoms with Gasteiger partial charge in [-0.2, -0.15) is 0 Å². The number of rotatable bonds is 10. The van der Waals surface area contributed by atoms with E-state index in [0.717, 1.165) is 16.8 Å². The maximum Gasteiger partial charge on any atom is 0.340 e. The Morgan fingerprint density at radius 3 is 2.26 bits per heavy atom. The zero-order valence-corrected chi connectivity index (χ0v) is 20.4. The van der Waals surface area contributed by atoms with Crippen LogP contribution in [0.25, 0.3) is 11.3 Å². The van der Waals surface area contributed by atoms with E-state index in [-0.39, 0.29) is 19.1 Å². The third-order valence-corrected chi connectivity index (χ3v) is 5.43. The van der Waals surface area contributed by atoms with Gasteiger partial charge in [-0.1, -0.05) is 30.3 Å². The van der Waals surface area contributed by atoms with Crippen LogP contribution in [0.5, 0.6) is 11.5 Å². The molecule has 3 aromatic rings. The van der Waals surface area contributed by atoms with E-state index >= 15 is 0 Å². The monoisotopic (exact) mass is 464 g/mol. The Balaban J connectivity index is 1.99. The zero-order chi connectivity index (χ0) is 24.7. The summed E-state index contributed by atoms with van der Waals surface area (Å²) in [6.07, 6.45) is 0. The van der Waals surface area contributed by atoms with E-state index in [0.29, 0.717) is 41.7 Å². The quantitative estimate of drug-likeness (QED) is 0.407. The molecule has 0 radical (unpaired) electrons. The number of ether oxygens (including phenoxy) is 3. The van der Waals surface area contributed by atoms with Gasteiger partial charge in [0.2, 0.25) is 5.91 Å². The Hall–Kier alpha value is -3.74. The smallest absolute Gasteiger partial charge is 0.340 e. The van der Waals surface area contributed by atoms with Crippen molar-refractivity contribution in [3.8, 4) is 22.8 Å². The molecule has 0 saturated carbocycles.